The largest absolute Gasteiger partial charge is 0.278 e. The minimum absolute atomic E-state index is 0.0185. The average molecular weight is 646 g/mol. The van der Waals surface area contributed by atoms with E-state index in [9.17, 15) is 0 Å². The van der Waals surface area contributed by atoms with Gasteiger partial charge in [-0.25, -0.2) is 0 Å². The van der Waals surface area contributed by atoms with Crippen molar-refractivity contribution in [3.8, 4) is 50.5 Å². The van der Waals surface area contributed by atoms with E-state index in [0.29, 0.717) is 5.92 Å². The van der Waals surface area contributed by atoms with Gasteiger partial charge in [0.05, 0.1) is 5.69 Å². The standard InChI is InChI=1S/C46H51N3/c1-29(2)26-39-27-30(3)24-25-40(39)49-44(34(7)46(8,9)10)47-48-45(49)38-23-17-22-37(28-38)43-32(5)41(35-18-13-11-14-19-35)31(4)42(33(43)6)36-20-15-12-16-21-36/h11-25,27-29,34H,26H2,1-10H3. The maximum Gasteiger partial charge on any atom is 0.168 e. The molecule has 0 spiro atoms. The summed E-state index contributed by atoms with van der Waals surface area (Å²) in [6.07, 6.45) is 0.990. The summed E-state index contributed by atoms with van der Waals surface area (Å²) < 4.78 is 2.35. The van der Waals surface area contributed by atoms with E-state index < -0.39 is 0 Å². The zero-order chi connectivity index (χ0) is 35.0. The second kappa shape index (κ2) is 13.6. The lowest BCUT2D eigenvalue weighted by molar-refractivity contribution is 0.325. The van der Waals surface area contributed by atoms with Crippen LogP contribution >= 0.6 is 0 Å². The summed E-state index contributed by atoms with van der Waals surface area (Å²) in [7, 11) is 0. The van der Waals surface area contributed by atoms with Crippen molar-refractivity contribution < 1.29 is 0 Å². The molecule has 1 unspecified atom stereocenters. The fourth-order valence-corrected chi connectivity index (χ4v) is 7.47. The highest BCUT2D eigenvalue weighted by molar-refractivity contribution is 5.92. The molecule has 5 aromatic carbocycles. The average Bonchev–Trinajstić information content (AvgIpc) is 3.50. The summed E-state index contributed by atoms with van der Waals surface area (Å²) in [5.74, 6) is 2.60. The van der Waals surface area contributed by atoms with Crippen LogP contribution in [-0.4, -0.2) is 14.8 Å². The molecular weight excluding hydrogens is 595 g/mol. The Morgan fingerprint density at radius 3 is 1.61 bits per heavy atom. The van der Waals surface area contributed by atoms with Crippen LogP contribution in [0.25, 0.3) is 50.5 Å². The van der Waals surface area contributed by atoms with Crippen molar-refractivity contribution in [2.45, 2.75) is 81.6 Å². The van der Waals surface area contributed by atoms with Crippen LogP contribution in [0.1, 0.15) is 81.1 Å². The van der Waals surface area contributed by atoms with Crippen LogP contribution in [0, 0.1) is 39.0 Å². The van der Waals surface area contributed by atoms with E-state index >= 15 is 0 Å². The number of rotatable bonds is 8. The van der Waals surface area contributed by atoms with Gasteiger partial charge < -0.3 is 0 Å². The van der Waals surface area contributed by atoms with Gasteiger partial charge in [-0.05, 0) is 113 Å². The summed E-state index contributed by atoms with van der Waals surface area (Å²) >= 11 is 0. The minimum Gasteiger partial charge on any atom is -0.278 e. The first-order chi connectivity index (χ1) is 23.4. The second-order valence-corrected chi connectivity index (χ2v) is 15.3. The molecule has 1 heterocycles. The predicted octanol–water partition coefficient (Wildman–Crippen LogP) is 12.5. The summed E-state index contributed by atoms with van der Waals surface area (Å²) in [4.78, 5) is 0. The van der Waals surface area contributed by atoms with E-state index in [0.717, 1.165) is 23.6 Å². The summed E-state index contributed by atoms with van der Waals surface area (Å²) in [5, 5.41) is 9.92. The lowest BCUT2D eigenvalue weighted by atomic mass is 9.80. The van der Waals surface area contributed by atoms with E-state index in [1.165, 1.54) is 66.9 Å². The number of hydrogen-bond donors (Lipinski definition) is 0. The fraction of sp³-hybridized carbons (Fsp3) is 0.304. The van der Waals surface area contributed by atoms with E-state index in [1.54, 1.807) is 0 Å². The zero-order valence-electron chi connectivity index (χ0n) is 31.0. The van der Waals surface area contributed by atoms with E-state index in [-0.39, 0.29) is 11.3 Å². The molecule has 250 valence electrons. The molecule has 0 saturated heterocycles. The van der Waals surface area contributed by atoms with Crippen LogP contribution in [0.5, 0.6) is 0 Å². The minimum atomic E-state index is 0.0185. The monoisotopic (exact) mass is 645 g/mol. The van der Waals surface area contributed by atoms with Gasteiger partial charge in [0.1, 0.15) is 5.82 Å². The normalized spacial score (nSPS) is 12.5. The Labute approximate surface area is 294 Å². The Bertz CT molecular complexity index is 2030. The topological polar surface area (TPSA) is 30.7 Å². The number of aromatic nitrogens is 3. The molecule has 49 heavy (non-hydrogen) atoms. The molecule has 0 fully saturated rings. The van der Waals surface area contributed by atoms with Gasteiger partial charge in [-0.2, -0.15) is 0 Å². The van der Waals surface area contributed by atoms with Crippen molar-refractivity contribution in [1.29, 1.82) is 0 Å². The Morgan fingerprint density at radius 1 is 0.571 bits per heavy atom. The molecule has 3 nitrogen and oxygen atoms in total. The van der Waals surface area contributed by atoms with Gasteiger partial charge in [0.25, 0.3) is 0 Å². The van der Waals surface area contributed by atoms with E-state index in [1.807, 2.05) is 0 Å². The van der Waals surface area contributed by atoms with Crippen LogP contribution in [0.15, 0.2) is 103 Å². The van der Waals surface area contributed by atoms with Crippen molar-refractivity contribution in [3.63, 3.8) is 0 Å². The highest BCUT2D eigenvalue weighted by atomic mass is 15.3. The maximum atomic E-state index is 4.98. The lowest BCUT2D eigenvalue weighted by Crippen LogP contribution is -2.20. The van der Waals surface area contributed by atoms with Gasteiger partial charge in [-0.1, -0.05) is 138 Å². The summed E-state index contributed by atoms with van der Waals surface area (Å²) in [5.41, 5.74) is 16.3. The van der Waals surface area contributed by atoms with Gasteiger partial charge in [-0.3, -0.25) is 4.57 Å². The number of benzene rings is 5. The molecule has 1 atom stereocenters. The molecule has 0 saturated carbocycles. The maximum absolute atomic E-state index is 4.98. The second-order valence-electron chi connectivity index (χ2n) is 15.3. The quantitative estimate of drug-likeness (QED) is 0.165. The Balaban J connectivity index is 1.62. The SMILES string of the molecule is Cc1ccc(-n2c(-c3cccc(-c4c(C)c(-c5ccccc5)c(C)c(-c5ccccc5)c4C)c3)nnc2C(C)C(C)(C)C)c(CC(C)C)c1. The Morgan fingerprint density at radius 2 is 1.08 bits per heavy atom. The van der Waals surface area contributed by atoms with Gasteiger partial charge in [0.15, 0.2) is 5.82 Å². The smallest absolute Gasteiger partial charge is 0.168 e. The molecule has 0 radical (unpaired) electrons. The van der Waals surface area contributed by atoms with E-state index in [4.69, 9.17) is 10.2 Å². The Kier molecular flexibility index (Phi) is 9.49. The molecule has 0 N–H and O–H groups in total. The van der Waals surface area contributed by atoms with Crippen molar-refractivity contribution >= 4 is 0 Å². The third-order valence-electron chi connectivity index (χ3n) is 10.3. The van der Waals surface area contributed by atoms with Crippen LogP contribution < -0.4 is 0 Å². The molecule has 6 aromatic rings. The van der Waals surface area contributed by atoms with Crippen molar-refractivity contribution in [1.82, 2.24) is 14.8 Å². The molecule has 0 bridgehead atoms. The highest BCUT2D eigenvalue weighted by Gasteiger charge is 2.30. The molecule has 0 amide bonds. The van der Waals surface area contributed by atoms with Gasteiger partial charge in [0.2, 0.25) is 0 Å². The van der Waals surface area contributed by atoms with Crippen molar-refractivity contribution in [2.75, 3.05) is 0 Å². The van der Waals surface area contributed by atoms with Crippen LogP contribution in [0.3, 0.4) is 0 Å². The highest BCUT2D eigenvalue weighted by Crippen LogP contribution is 2.45. The summed E-state index contributed by atoms with van der Waals surface area (Å²) in [6, 6.07) is 37.5. The third-order valence-corrected chi connectivity index (χ3v) is 10.3. The van der Waals surface area contributed by atoms with Crippen LogP contribution in [-0.2, 0) is 6.42 Å². The first-order valence-corrected chi connectivity index (χ1v) is 17.8. The van der Waals surface area contributed by atoms with Crippen molar-refractivity contribution in [3.05, 3.63) is 137 Å². The molecule has 1 aromatic heterocycles. The first kappa shape index (κ1) is 34.1. The lowest BCUT2D eigenvalue weighted by Gasteiger charge is -2.28. The van der Waals surface area contributed by atoms with Crippen LogP contribution in [0.2, 0.25) is 0 Å². The molecule has 0 aliphatic heterocycles. The molecule has 0 aliphatic rings. The number of nitrogens with zero attached hydrogens (tertiary/aromatic N) is 3. The van der Waals surface area contributed by atoms with Gasteiger partial charge in [0, 0.05) is 11.5 Å². The fourth-order valence-electron chi connectivity index (χ4n) is 7.47. The summed E-state index contributed by atoms with van der Waals surface area (Å²) in [6.45, 7) is 22.8. The molecular formula is C46H51N3. The number of aryl methyl sites for hydroxylation is 1. The predicted molar refractivity (Wildman–Crippen MR) is 208 cm³/mol. The first-order valence-electron chi connectivity index (χ1n) is 17.8. The number of hydrogen-bond acceptors (Lipinski definition) is 2. The molecule has 3 heteroatoms. The van der Waals surface area contributed by atoms with Gasteiger partial charge in [-0.15, -0.1) is 10.2 Å². The third kappa shape index (κ3) is 6.64. The van der Waals surface area contributed by atoms with Crippen LogP contribution in [0.4, 0.5) is 0 Å². The molecule has 0 aliphatic carbocycles. The van der Waals surface area contributed by atoms with E-state index in [2.05, 4.69) is 177 Å². The van der Waals surface area contributed by atoms with Gasteiger partial charge >= 0.3 is 0 Å². The van der Waals surface area contributed by atoms with Crippen molar-refractivity contribution in [2.24, 2.45) is 11.3 Å². The Hall–Kier alpha value is -4.76. The zero-order valence-corrected chi connectivity index (χ0v) is 31.0. The molecule has 6 rings (SSSR count).